The number of phenolic OH excluding ortho intramolecular Hbond substituents is 1. The molecule has 1 rings (SSSR count). The predicted octanol–water partition coefficient (Wildman–Crippen LogP) is 2.17. The molecule has 0 aromatic heterocycles. The van der Waals surface area contributed by atoms with Crippen LogP contribution in [0.25, 0.3) is 0 Å². The smallest absolute Gasteiger partial charge is 0.237 e. The molecular weight excluding hydrogens is 228 g/mol. The van der Waals surface area contributed by atoms with E-state index in [-0.39, 0.29) is 17.1 Å². The molecule has 2 N–H and O–H groups in total. The number of rotatable bonds is 2. The van der Waals surface area contributed by atoms with E-state index in [0.717, 1.165) is 5.56 Å². The molecule has 16 heavy (non-hydrogen) atoms. The van der Waals surface area contributed by atoms with Crippen LogP contribution in [-0.4, -0.2) is 10.8 Å². The lowest BCUT2D eigenvalue weighted by molar-refractivity contribution is 0.477. The van der Waals surface area contributed by atoms with Gasteiger partial charge in [-0.2, -0.15) is 15.6 Å². The fraction of sp³-hybridized carbons (Fsp3) is 0.100. The summed E-state index contributed by atoms with van der Waals surface area (Å²) in [6.07, 6.45) is 0. The van der Waals surface area contributed by atoms with Crippen LogP contribution in [0.3, 0.4) is 0 Å². The molecule has 80 valence electrons. The van der Waals surface area contributed by atoms with E-state index < -0.39 is 0 Å². The lowest BCUT2D eigenvalue weighted by atomic mass is 10.2. The van der Waals surface area contributed by atoms with Crippen LogP contribution in [0.15, 0.2) is 17.2 Å². The van der Waals surface area contributed by atoms with Crippen LogP contribution in [0.4, 0.5) is 5.69 Å². The second kappa shape index (κ2) is 5.01. The summed E-state index contributed by atoms with van der Waals surface area (Å²) in [4.78, 5) is 0. The standard InChI is InChI=1S/C10H7ClN4O/c1-6-2-10(16)9(3-8(6)11)15-14-7(4-12)5-13/h2-3,15-16H,1H3. The first-order valence-electron chi connectivity index (χ1n) is 4.21. The number of nitrogens with zero attached hydrogens (tertiary/aromatic N) is 3. The molecule has 6 heteroatoms. The Morgan fingerprint density at radius 2 is 2.06 bits per heavy atom. The molecule has 0 fully saturated rings. The first-order valence-corrected chi connectivity index (χ1v) is 4.59. The van der Waals surface area contributed by atoms with Crippen molar-refractivity contribution >= 4 is 23.0 Å². The molecular formula is C10H7ClN4O. The zero-order valence-electron chi connectivity index (χ0n) is 8.32. The lowest BCUT2D eigenvalue weighted by Crippen LogP contribution is -1.97. The van der Waals surface area contributed by atoms with Gasteiger partial charge in [-0.05, 0) is 24.6 Å². The van der Waals surface area contributed by atoms with Crippen molar-refractivity contribution in [2.24, 2.45) is 5.10 Å². The zero-order chi connectivity index (χ0) is 12.1. The van der Waals surface area contributed by atoms with Gasteiger partial charge in [0.1, 0.15) is 17.9 Å². The summed E-state index contributed by atoms with van der Waals surface area (Å²) in [7, 11) is 0. The van der Waals surface area contributed by atoms with Gasteiger partial charge in [0.05, 0.1) is 5.69 Å². The molecule has 0 amide bonds. The van der Waals surface area contributed by atoms with Crippen molar-refractivity contribution in [1.82, 2.24) is 0 Å². The Morgan fingerprint density at radius 1 is 1.44 bits per heavy atom. The Balaban J connectivity index is 3.01. The molecule has 0 radical (unpaired) electrons. The molecule has 1 aromatic rings. The zero-order valence-corrected chi connectivity index (χ0v) is 9.08. The number of halogens is 1. The third-order valence-electron chi connectivity index (χ3n) is 1.78. The number of nitrogens with one attached hydrogen (secondary N) is 1. The normalized spacial score (nSPS) is 8.75. The SMILES string of the molecule is Cc1cc(O)c(NN=C(C#N)C#N)cc1Cl. The summed E-state index contributed by atoms with van der Waals surface area (Å²) in [5, 5.41) is 30.3. The number of hydrazone groups is 1. The van der Waals surface area contributed by atoms with Crippen molar-refractivity contribution < 1.29 is 5.11 Å². The summed E-state index contributed by atoms with van der Waals surface area (Å²) in [6, 6.07) is 6.08. The number of aromatic hydroxyl groups is 1. The third-order valence-corrected chi connectivity index (χ3v) is 2.18. The van der Waals surface area contributed by atoms with E-state index in [0.29, 0.717) is 5.02 Å². The van der Waals surface area contributed by atoms with Crippen LogP contribution in [0, 0.1) is 29.6 Å². The molecule has 0 aliphatic heterocycles. The fourth-order valence-corrected chi connectivity index (χ4v) is 1.11. The number of phenols is 1. The first-order chi connectivity index (χ1) is 7.58. The topological polar surface area (TPSA) is 92.2 Å². The molecule has 5 nitrogen and oxygen atoms in total. The number of hydrogen-bond donors (Lipinski definition) is 2. The molecule has 0 aliphatic carbocycles. The van der Waals surface area contributed by atoms with E-state index in [1.165, 1.54) is 12.1 Å². The van der Waals surface area contributed by atoms with E-state index in [1.54, 1.807) is 19.1 Å². The van der Waals surface area contributed by atoms with Crippen LogP contribution in [-0.2, 0) is 0 Å². The van der Waals surface area contributed by atoms with Gasteiger partial charge in [0.15, 0.2) is 0 Å². The highest BCUT2D eigenvalue weighted by atomic mass is 35.5. The molecule has 0 heterocycles. The minimum absolute atomic E-state index is 0.0547. The summed E-state index contributed by atoms with van der Waals surface area (Å²) in [5.41, 5.74) is 3.01. The van der Waals surface area contributed by atoms with Crippen LogP contribution in [0.1, 0.15) is 5.56 Å². The van der Waals surface area contributed by atoms with Gasteiger partial charge in [-0.25, -0.2) is 0 Å². The monoisotopic (exact) mass is 234 g/mol. The minimum Gasteiger partial charge on any atom is -0.506 e. The van der Waals surface area contributed by atoms with Crippen LogP contribution in [0.5, 0.6) is 5.75 Å². The van der Waals surface area contributed by atoms with Gasteiger partial charge in [0, 0.05) is 5.02 Å². The maximum absolute atomic E-state index is 9.52. The lowest BCUT2D eigenvalue weighted by Gasteiger charge is -2.05. The summed E-state index contributed by atoms with van der Waals surface area (Å²) in [6.45, 7) is 1.74. The molecule has 0 saturated carbocycles. The summed E-state index contributed by atoms with van der Waals surface area (Å²) >= 11 is 5.84. The highest BCUT2D eigenvalue weighted by Gasteiger charge is 2.04. The van der Waals surface area contributed by atoms with E-state index in [2.05, 4.69) is 10.5 Å². The van der Waals surface area contributed by atoms with Crippen molar-refractivity contribution in [2.75, 3.05) is 5.43 Å². The van der Waals surface area contributed by atoms with Crippen molar-refractivity contribution in [3.8, 4) is 17.9 Å². The van der Waals surface area contributed by atoms with Gasteiger partial charge in [-0.1, -0.05) is 11.6 Å². The largest absolute Gasteiger partial charge is 0.506 e. The van der Waals surface area contributed by atoms with Gasteiger partial charge in [-0.15, -0.1) is 0 Å². The average molecular weight is 235 g/mol. The molecule has 0 spiro atoms. The van der Waals surface area contributed by atoms with Crippen molar-refractivity contribution in [3.05, 3.63) is 22.7 Å². The Hall–Kier alpha value is -2.24. The quantitative estimate of drug-likeness (QED) is 0.466. The number of benzene rings is 1. The van der Waals surface area contributed by atoms with Crippen LogP contribution in [0.2, 0.25) is 5.02 Å². The van der Waals surface area contributed by atoms with Gasteiger partial charge in [-0.3, -0.25) is 5.43 Å². The molecule has 0 atom stereocenters. The van der Waals surface area contributed by atoms with Gasteiger partial charge < -0.3 is 5.11 Å². The second-order valence-electron chi connectivity index (χ2n) is 2.91. The summed E-state index contributed by atoms with van der Waals surface area (Å²) in [5.74, 6) is -0.0547. The van der Waals surface area contributed by atoms with E-state index in [9.17, 15) is 5.11 Å². The predicted molar refractivity (Wildman–Crippen MR) is 60.1 cm³/mol. The van der Waals surface area contributed by atoms with E-state index >= 15 is 0 Å². The molecule has 0 saturated heterocycles. The maximum atomic E-state index is 9.52. The Labute approximate surface area is 97.2 Å². The molecule has 0 aliphatic rings. The highest BCUT2D eigenvalue weighted by molar-refractivity contribution is 6.31. The summed E-state index contributed by atoms with van der Waals surface area (Å²) < 4.78 is 0. The third kappa shape index (κ3) is 2.63. The minimum atomic E-state index is -0.337. The average Bonchev–Trinajstić information content (AvgIpc) is 2.26. The molecule has 0 unspecified atom stereocenters. The Bertz CT molecular complexity index is 509. The highest BCUT2D eigenvalue weighted by Crippen LogP contribution is 2.29. The van der Waals surface area contributed by atoms with E-state index in [4.69, 9.17) is 22.1 Å². The number of nitriles is 2. The fourth-order valence-electron chi connectivity index (χ4n) is 0.947. The molecule has 0 bridgehead atoms. The Kier molecular flexibility index (Phi) is 3.71. The van der Waals surface area contributed by atoms with Gasteiger partial charge >= 0.3 is 0 Å². The van der Waals surface area contributed by atoms with Gasteiger partial charge in [0.25, 0.3) is 0 Å². The molecule has 1 aromatic carbocycles. The van der Waals surface area contributed by atoms with Crippen molar-refractivity contribution in [3.63, 3.8) is 0 Å². The van der Waals surface area contributed by atoms with Crippen LogP contribution < -0.4 is 5.43 Å². The Morgan fingerprint density at radius 3 is 2.62 bits per heavy atom. The number of aryl methyl sites for hydroxylation is 1. The number of anilines is 1. The van der Waals surface area contributed by atoms with Crippen molar-refractivity contribution in [2.45, 2.75) is 6.92 Å². The first kappa shape index (κ1) is 11.8. The van der Waals surface area contributed by atoms with Crippen LogP contribution >= 0.6 is 11.6 Å². The maximum Gasteiger partial charge on any atom is 0.237 e. The second-order valence-corrected chi connectivity index (χ2v) is 3.32. The van der Waals surface area contributed by atoms with E-state index in [1.807, 2.05) is 0 Å². The number of hydrogen-bond acceptors (Lipinski definition) is 5. The van der Waals surface area contributed by atoms with Gasteiger partial charge in [0.2, 0.25) is 5.71 Å². The van der Waals surface area contributed by atoms with Crippen molar-refractivity contribution in [1.29, 1.82) is 10.5 Å².